The number of methoxy groups -OCH3 is 1. The molecule has 0 fully saturated rings. The Hall–Kier alpha value is -3.80. The number of benzene rings is 1. The molecule has 138 valence electrons. The molecule has 27 heavy (non-hydrogen) atoms. The zero-order chi connectivity index (χ0) is 19.6. The average molecular weight is 369 g/mol. The highest BCUT2D eigenvalue weighted by Gasteiger charge is 2.22. The van der Waals surface area contributed by atoms with Crippen LogP contribution in [0.5, 0.6) is 5.75 Å². The number of esters is 1. The minimum absolute atomic E-state index is 0.0262. The number of nitrogens with zero attached hydrogens (tertiary/aromatic N) is 4. The molecule has 0 spiro atoms. The number of carbonyl (C=O) groups excluding carboxylic acids is 1. The summed E-state index contributed by atoms with van der Waals surface area (Å²) in [5.41, 5.74) is 6.96. The Labute approximate surface area is 154 Å². The number of rotatable bonds is 5. The lowest BCUT2D eigenvalue weighted by molar-refractivity contribution is 0.0593. The van der Waals surface area contributed by atoms with Crippen molar-refractivity contribution in [2.24, 2.45) is 7.05 Å². The Morgan fingerprint density at radius 1 is 1.41 bits per heavy atom. The second-order valence-electron chi connectivity index (χ2n) is 5.70. The van der Waals surface area contributed by atoms with Gasteiger partial charge in [0, 0.05) is 36.8 Å². The zero-order valence-electron chi connectivity index (χ0n) is 14.6. The summed E-state index contributed by atoms with van der Waals surface area (Å²) >= 11 is 0. The summed E-state index contributed by atoms with van der Waals surface area (Å²) < 4.78 is 27.6. The molecule has 0 atom stereocenters. The Balaban J connectivity index is 1.91. The van der Waals surface area contributed by atoms with E-state index < -0.39 is 11.8 Å². The molecule has 0 bridgehead atoms. The first-order valence-electron chi connectivity index (χ1n) is 7.84. The molecule has 0 aliphatic heterocycles. The fourth-order valence-electron chi connectivity index (χ4n) is 2.58. The molecule has 1 aromatic carbocycles. The monoisotopic (exact) mass is 369 g/mol. The zero-order valence-corrected chi connectivity index (χ0v) is 14.6. The second kappa shape index (κ2) is 7.21. The van der Waals surface area contributed by atoms with Crippen LogP contribution in [0.3, 0.4) is 0 Å². The molecule has 0 amide bonds. The van der Waals surface area contributed by atoms with Gasteiger partial charge in [-0.1, -0.05) is 0 Å². The van der Waals surface area contributed by atoms with E-state index in [1.165, 1.54) is 30.0 Å². The maximum atomic E-state index is 14.5. The van der Waals surface area contributed by atoms with Gasteiger partial charge in [0.05, 0.1) is 24.6 Å². The number of ether oxygens (including phenoxy) is 2. The van der Waals surface area contributed by atoms with Crippen molar-refractivity contribution in [1.82, 2.24) is 14.3 Å². The van der Waals surface area contributed by atoms with Gasteiger partial charge in [-0.2, -0.15) is 10.4 Å². The fourth-order valence-corrected chi connectivity index (χ4v) is 2.58. The molecule has 2 aromatic heterocycles. The van der Waals surface area contributed by atoms with Gasteiger partial charge in [-0.25, -0.2) is 9.18 Å². The molecule has 8 nitrogen and oxygen atoms in total. The van der Waals surface area contributed by atoms with Crippen LogP contribution in [0.25, 0.3) is 5.69 Å². The molecule has 0 radical (unpaired) electrons. The van der Waals surface area contributed by atoms with E-state index in [1.807, 2.05) is 6.07 Å². The predicted octanol–water partition coefficient (Wildman–Crippen LogP) is 2.17. The van der Waals surface area contributed by atoms with Gasteiger partial charge in [0.2, 0.25) is 0 Å². The van der Waals surface area contributed by atoms with Gasteiger partial charge in [-0.15, -0.1) is 0 Å². The average Bonchev–Trinajstić information content (AvgIpc) is 3.22. The van der Waals surface area contributed by atoms with E-state index in [-0.39, 0.29) is 29.3 Å². The van der Waals surface area contributed by atoms with Crippen molar-refractivity contribution in [2.75, 3.05) is 12.8 Å². The van der Waals surface area contributed by atoms with Crippen LogP contribution in [0.4, 0.5) is 10.1 Å². The molecule has 9 heteroatoms. The van der Waals surface area contributed by atoms with Gasteiger partial charge in [0.1, 0.15) is 12.7 Å². The molecule has 3 aromatic rings. The van der Waals surface area contributed by atoms with Crippen LogP contribution in [0.1, 0.15) is 21.6 Å². The molecule has 0 aliphatic rings. The normalized spacial score (nSPS) is 10.4. The smallest absolute Gasteiger partial charge is 0.357 e. The van der Waals surface area contributed by atoms with E-state index in [4.69, 9.17) is 20.5 Å². The first-order valence-corrected chi connectivity index (χ1v) is 7.84. The number of anilines is 1. The van der Waals surface area contributed by atoms with Crippen molar-refractivity contribution < 1.29 is 18.7 Å². The van der Waals surface area contributed by atoms with E-state index in [2.05, 4.69) is 5.10 Å². The number of nitrogen functional groups attached to an aromatic ring is 1. The molecule has 2 heterocycles. The first-order chi connectivity index (χ1) is 12.9. The molecule has 0 saturated carbocycles. The van der Waals surface area contributed by atoms with Gasteiger partial charge in [0.15, 0.2) is 17.3 Å². The SMILES string of the molecule is COC(=O)c1c(N)c(C#N)cn1-c1ccc(OCc2cnn(C)c2)c(F)c1. The lowest BCUT2D eigenvalue weighted by Crippen LogP contribution is -2.11. The molecule has 0 saturated heterocycles. The first kappa shape index (κ1) is 18.0. The quantitative estimate of drug-likeness (QED) is 0.691. The summed E-state index contributed by atoms with van der Waals surface area (Å²) in [7, 11) is 2.97. The Morgan fingerprint density at radius 2 is 2.19 bits per heavy atom. The largest absolute Gasteiger partial charge is 0.486 e. The molecular weight excluding hydrogens is 353 g/mol. The lowest BCUT2D eigenvalue weighted by Gasteiger charge is -2.11. The summed E-state index contributed by atoms with van der Waals surface area (Å²) in [6.07, 6.45) is 4.74. The van der Waals surface area contributed by atoms with Crippen LogP contribution in [0, 0.1) is 17.1 Å². The van der Waals surface area contributed by atoms with E-state index in [1.54, 1.807) is 30.2 Å². The number of aryl methyl sites for hydroxylation is 1. The summed E-state index contributed by atoms with van der Waals surface area (Å²) in [6, 6.07) is 6.06. The number of aromatic nitrogens is 3. The van der Waals surface area contributed by atoms with Crippen molar-refractivity contribution in [3.05, 3.63) is 59.4 Å². The van der Waals surface area contributed by atoms with Crippen LogP contribution in [0.15, 0.2) is 36.8 Å². The Morgan fingerprint density at radius 3 is 2.78 bits per heavy atom. The second-order valence-corrected chi connectivity index (χ2v) is 5.70. The molecule has 2 N–H and O–H groups in total. The highest BCUT2D eigenvalue weighted by molar-refractivity contribution is 5.95. The Bertz CT molecular complexity index is 1050. The van der Waals surface area contributed by atoms with E-state index >= 15 is 0 Å². The number of hydrogen-bond acceptors (Lipinski definition) is 6. The topological polar surface area (TPSA) is 108 Å². The van der Waals surface area contributed by atoms with Gasteiger partial charge in [0.25, 0.3) is 0 Å². The van der Waals surface area contributed by atoms with Crippen LogP contribution in [-0.2, 0) is 18.4 Å². The van der Waals surface area contributed by atoms with Gasteiger partial charge in [-0.3, -0.25) is 4.68 Å². The van der Waals surface area contributed by atoms with Gasteiger partial charge in [-0.05, 0) is 12.1 Å². The third-order valence-electron chi connectivity index (χ3n) is 3.89. The van der Waals surface area contributed by atoms with Crippen molar-refractivity contribution in [3.8, 4) is 17.5 Å². The number of nitrogens with two attached hydrogens (primary N) is 1. The number of nitriles is 1. The molecule has 0 aliphatic carbocycles. The van der Waals surface area contributed by atoms with Crippen LogP contribution in [-0.4, -0.2) is 27.4 Å². The summed E-state index contributed by atoms with van der Waals surface area (Å²) in [4.78, 5) is 12.0. The summed E-state index contributed by atoms with van der Waals surface area (Å²) in [6.45, 7) is 0.159. The summed E-state index contributed by atoms with van der Waals surface area (Å²) in [5, 5.41) is 13.2. The fraction of sp³-hybridized carbons (Fsp3) is 0.167. The van der Waals surface area contributed by atoms with E-state index in [0.29, 0.717) is 5.69 Å². The highest BCUT2D eigenvalue weighted by atomic mass is 19.1. The molecule has 3 rings (SSSR count). The predicted molar refractivity (Wildman–Crippen MR) is 93.7 cm³/mol. The molecular formula is C18H16FN5O3. The minimum atomic E-state index is -0.730. The van der Waals surface area contributed by atoms with Crippen molar-refractivity contribution in [2.45, 2.75) is 6.61 Å². The van der Waals surface area contributed by atoms with Crippen LogP contribution in [0.2, 0.25) is 0 Å². The maximum absolute atomic E-state index is 14.5. The summed E-state index contributed by atoms with van der Waals surface area (Å²) in [5.74, 6) is -1.31. The third-order valence-corrected chi connectivity index (χ3v) is 3.89. The van der Waals surface area contributed by atoms with Crippen LogP contribution >= 0.6 is 0 Å². The highest BCUT2D eigenvalue weighted by Crippen LogP contribution is 2.27. The standard InChI is InChI=1S/C18H16FN5O3/c1-23-8-11(7-22-23)10-27-15-4-3-13(5-14(15)19)24-9-12(6-20)16(21)17(24)18(25)26-2/h3-5,7-9H,10,21H2,1-2H3. The number of halogens is 1. The van der Waals surface area contributed by atoms with Crippen molar-refractivity contribution in [1.29, 1.82) is 5.26 Å². The lowest BCUT2D eigenvalue weighted by atomic mass is 10.2. The van der Waals surface area contributed by atoms with Crippen molar-refractivity contribution >= 4 is 11.7 Å². The number of carbonyl (C=O) groups is 1. The minimum Gasteiger partial charge on any atom is -0.486 e. The van der Waals surface area contributed by atoms with E-state index in [0.717, 1.165) is 5.56 Å². The number of hydrogen-bond donors (Lipinski definition) is 1. The third kappa shape index (κ3) is 3.46. The molecule has 0 unspecified atom stereocenters. The van der Waals surface area contributed by atoms with Gasteiger partial charge >= 0.3 is 5.97 Å². The maximum Gasteiger partial charge on any atom is 0.357 e. The van der Waals surface area contributed by atoms with E-state index in [9.17, 15) is 9.18 Å². The van der Waals surface area contributed by atoms with Gasteiger partial charge < -0.3 is 19.8 Å². The van der Waals surface area contributed by atoms with Crippen molar-refractivity contribution in [3.63, 3.8) is 0 Å². The van der Waals surface area contributed by atoms with Crippen LogP contribution < -0.4 is 10.5 Å². The Kier molecular flexibility index (Phi) is 4.81.